The molecule has 0 saturated heterocycles. The van der Waals surface area contributed by atoms with Crippen molar-refractivity contribution in [2.24, 2.45) is 5.92 Å². The standard InChI is InChI=1S/C13H21N3O3S/c1-3-4-10(5-6-17)7-14-12(19)11-8-20-13(16-11)15-9(2)18/h8,10,17H,3-7H2,1-2H3,(H,14,19)(H,15,16,18). The van der Waals surface area contributed by atoms with E-state index in [4.69, 9.17) is 5.11 Å². The number of rotatable bonds is 8. The number of thiazole rings is 1. The van der Waals surface area contributed by atoms with Gasteiger partial charge in [0, 0.05) is 25.5 Å². The Balaban J connectivity index is 2.49. The minimum absolute atomic E-state index is 0.129. The molecule has 0 saturated carbocycles. The van der Waals surface area contributed by atoms with Crippen LogP contribution in [0.4, 0.5) is 5.13 Å². The second-order valence-corrected chi connectivity index (χ2v) is 5.45. The monoisotopic (exact) mass is 299 g/mol. The third kappa shape index (κ3) is 5.66. The Kier molecular flexibility index (Phi) is 7.17. The van der Waals surface area contributed by atoms with Gasteiger partial charge < -0.3 is 15.7 Å². The van der Waals surface area contributed by atoms with Crippen LogP contribution >= 0.6 is 11.3 Å². The molecule has 1 heterocycles. The molecule has 1 aromatic heterocycles. The van der Waals surface area contributed by atoms with Gasteiger partial charge in [0.15, 0.2) is 5.13 Å². The predicted octanol–water partition coefficient (Wildman–Crippen LogP) is 1.63. The summed E-state index contributed by atoms with van der Waals surface area (Å²) in [7, 11) is 0. The van der Waals surface area contributed by atoms with E-state index in [0.29, 0.717) is 23.8 Å². The molecule has 1 aromatic rings. The normalized spacial score (nSPS) is 11.9. The van der Waals surface area contributed by atoms with Crippen molar-refractivity contribution in [2.45, 2.75) is 33.1 Å². The zero-order valence-corrected chi connectivity index (χ0v) is 12.6. The van der Waals surface area contributed by atoms with Crippen LogP contribution in [0.25, 0.3) is 0 Å². The maximum absolute atomic E-state index is 11.9. The lowest BCUT2D eigenvalue weighted by Gasteiger charge is -2.14. The summed E-state index contributed by atoms with van der Waals surface area (Å²) in [5.41, 5.74) is 0.304. The molecule has 0 fully saturated rings. The second kappa shape index (κ2) is 8.65. The number of nitrogens with one attached hydrogen (secondary N) is 2. The molecule has 0 spiro atoms. The maximum Gasteiger partial charge on any atom is 0.270 e. The third-order valence-electron chi connectivity index (χ3n) is 2.81. The van der Waals surface area contributed by atoms with E-state index in [0.717, 1.165) is 12.8 Å². The van der Waals surface area contributed by atoms with Crippen molar-refractivity contribution in [1.29, 1.82) is 0 Å². The molecule has 0 bridgehead atoms. The zero-order valence-electron chi connectivity index (χ0n) is 11.8. The van der Waals surface area contributed by atoms with Crippen LogP contribution in [0.1, 0.15) is 43.6 Å². The lowest BCUT2D eigenvalue weighted by molar-refractivity contribution is -0.114. The number of hydrogen-bond donors (Lipinski definition) is 3. The Morgan fingerprint density at radius 1 is 1.45 bits per heavy atom. The van der Waals surface area contributed by atoms with Gasteiger partial charge in [-0.05, 0) is 18.8 Å². The van der Waals surface area contributed by atoms with Crippen molar-refractivity contribution in [3.05, 3.63) is 11.1 Å². The number of aliphatic hydroxyl groups is 1. The molecule has 6 nitrogen and oxygen atoms in total. The van der Waals surface area contributed by atoms with E-state index in [2.05, 4.69) is 22.5 Å². The summed E-state index contributed by atoms with van der Waals surface area (Å²) in [6, 6.07) is 0. The lowest BCUT2D eigenvalue weighted by atomic mass is 10.0. The Hall–Kier alpha value is -1.47. The number of anilines is 1. The lowest BCUT2D eigenvalue weighted by Crippen LogP contribution is -2.30. The minimum Gasteiger partial charge on any atom is -0.396 e. The fourth-order valence-electron chi connectivity index (χ4n) is 1.85. The van der Waals surface area contributed by atoms with Crippen LogP contribution < -0.4 is 10.6 Å². The van der Waals surface area contributed by atoms with Gasteiger partial charge in [-0.15, -0.1) is 11.3 Å². The molecule has 2 amide bonds. The number of aromatic nitrogens is 1. The van der Waals surface area contributed by atoms with Gasteiger partial charge in [-0.2, -0.15) is 0 Å². The third-order valence-corrected chi connectivity index (χ3v) is 3.56. The largest absolute Gasteiger partial charge is 0.396 e. The summed E-state index contributed by atoms with van der Waals surface area (Å²) in [6.45, 7) is 4.13. The molecule has 20 heavy (non-hydrogen) atoms. The van der Waals surface area contributed by atoms with Crippen molar-refractivity contribution < 1.29 is 14.7 Å². The summed E-state index contributed by atoms with van der Waals surface area (Å²) >= 11 is 1.22. The predicted molar refractivity (Wildman–Crippen MR) is 78.9 cm³/mol. The molecule has 0 radical (unpaired) electrons. The van der Waals surface area contributed by atoms with Crippen molar-refractivity contribution in [2.75, 3.05) is 18.5 Å². The van der Waals surface area contributed by atoms with Crippen molar-refractivity contribution in [1.82, 2.24) is 10.3 Å². The summed E-state index contributed by atoms with van der Waals surface area (Å²) < 4.78 is 0. The first kappa shape index (κ1) is 16.6. The van der Waals surface area contributed by atoms with Gasteiger partial charge >= 0.3 is 0 Å². The highest BCUT2D eigenvalue weighted by atomic mass is 32.1. The van der Waals surface area contributed by atoms with Crippen LogP contribution in [0.3, 0.4) is 0 Å². The molecule has 7 heteroatoms. The topological polar surface area (TPSA) is 91.3 Å². The quantitative estimate of drug-likeness (QED) is 0.680. The molecular formula is C13H21N3O3S. The summed E-state index contributed by atoms with van der Waals surface area (Å²) in [6.07, 6.45) is 2.67. The smallest absolute Gasteiger partial charge is 0.270 e. The summed E-state index contributed by atoms with van der Waals surface area (Å²) in [5, 5.41) is 16.4. The first-order valence-electron chi connectivity index (χ1n) is 6.69. The number of aliphatic hydroxyl groups excluding tert-OH is 1. The Morgan fingerprint density at radius 2 is 2.20 bits per heavy atom. The molecule has 1 rings (SSSR count). The molecule has 3 N–H and O–H groups in total. The van der Waals surface area contributed by atoms with Crippen LogP contribution in [0.5, 0.6) is 0 Å². The fraction of sp³-hybridized carbons (Fsp3) is 0.615. The van der Waals surface area contributed by atoms with Gasteiger partial charge in [-0.1, -0.05) is 13.3 Å². The maximum atomic E-state index is 11.9. The van der Waals surface area contributed by atoms with Gasteiger partial charge in [-0.3, -0.25) is 9.59 Å². The second-order valence-electron chi connectivity index (χ2n) is 4.60. The molecule has 1 unspecified atom stereocenters. The first-order chi connectivity index (χ1) is 9.56. The SMILES string of the molecule is CCCC(CCO)CNC(=O)c1csc(NC(C)=O)n1. The molecule has 112 valence electrons. The van der Waals surface area contributed by atoms with Crippen LogP contribution in [0.2, 0.25) is 0 Å². The van der Waals surface area contributed by atoms with Crippen molar-refractivity contribution in [3.63, 3.8) is 0 Å². The summed E-state index contributed by atoms with van der Waals surface area (Å²) in [5.74, 6) is -0.184. The first-order valence-corrected chi connectivity index (χ1v) is 7.57. The number of amides is 2. The van der Waals surface area contributed by atoms with Gasteiger partial charge in [0.1, 0.15) is 5.69 Å². The fourth-order valence-corrected chi connectivity index (χ4v) is 2.59. The Morgan fingerprint density at radius 3 is 2.80 bits per heavy atom. The highest BCUT2D eigenvalue weighted by molar-refractivity contribution is 7.14. The van der Waals surface area contributed by atoms with Gasteiger partial charge in [0.05, 0.1) is 0 Å². The van der Waals surface area contributed by atoms with E-state index < -0.39 is 0 Å². The van der Waals surface area contributed by atoms with Crippen molar-refractivity contribution in [3.8, 4) is 0 Å². The van der Waals surface area contributed by atoms with E-state index in [1.54, 1.807) is 5.38 Å². The Labute approximate surface area is 122 Å². The highest BCUT2D eigenvalue weighted by Crippen LogP contribution is 2.15. The van der Waals surface area contributed by atoms with E-state index >= 15 is 0 Å². The molecule has 0 aromatic carbocycles. The Bertz CT molecular complexity index is 442. The number of hydrogen-bond acceptors (Lipinski definition) is 5. The number of carbonyl (C=O) groups is 2. The van der Waals surface area contributed by atoms with E-state index in [1.165, 1.54) is 18.3 Å². The van der Waals surface area contributed by atoms with E-state index in [-0.39, 0.29) is 24.3 Å². The van der Waals surface area contributed by atoms with Crippen LogP contribution in [0, 0.1) is 5.92 Å². The molecular weight excluding hydrogens is 278 g/mol. The van der Waals surface area contributed by atoms with Crippen LogP contribution in [-0.4, -0.2) is 35.1 Å². The van der Waals surface area contributed by atoms with Crippen LogP contribution in [0.15, 0.2) is 5.38 Å². The molecule has 0 aliphatic heterocycles. The molecule has 0 aliphatic rings. The van der Waals surface area contributed by atoms with Gasteiger partial charge in [0.2, 0.25) is 5.91 Å². The highest BCUT2D eigenvalue weighted by Gasteiger charge is 2.13. The zero-order chi connectivity index (χ0) is 15.0. The average Bonchev–Trinajstić information content (AvgIpc) is 2.83. The van der Waals surface area contributed by atoms with E-state index in [9.17, 15) is 9.59 Å². The average molecular weight is 299 g/mol. The van der Waals surface area contributed by atoms with Gasteiger partial charge in [-0.25, -0.2) is 4.98 Å². The minimum atomic E-state index is -0.253. The molecule has 1 atom stereocenters. The van der Waals surface area contributed by atoms with Crippen LogP contribution in [-0.2, 0) is 4.79 Å². The molecule has 0 aliphatic carbocycles. The summed E-state index contributed by atoms with van der Waals surface area (Å²) in [4.78, 5) is 26.8. The van der Waals surface area contributed by atoms with Crippen molar-refractivity contribution >= 4 is 28.3 Å². The number of nitrogens with zero attached hydrogens (tertiary/aromatic N) is 1. The number of carbonyl (C=O) groups excluding carboxylic acids is 2. The van der Waals surface area contributed by atoms with E-state index in [1.807, 2.05) is 0 Å². The van der Waals surface area contributed by atoms with Gasteiger partial charge in [0.25, 0.3) is 5.91 Å².